The molecule has 0 saturated heterocycles. The van der Waals surface area contributed by atoms with E-state index in [2.05, 4.69) is 24.6 Å². The lowest BCUT2D eigenvalue weighted by Gasteiger charge is -2.15. The van der Waals surface area contributed by atoms with Crippen molar-refractivity contribution in [2.75, 3.05) is 13.2 Å². The second-order valence-corrected chi connectivity index (χ2v) is 2.04. The van der Waals surface area contributed by atoms with Crippen LogP contribution in [-0.4, -0.2) is 28.5 Å². The van der Waals surface area contributed by atoms with Gasteiger partial charge in [0, 0.05) is 18.9 Å². The summed E-state index contributed by atoms with van der Waals surface area (Å²) in [6.45, 7) is 7.82. The molecule has 1 aliphatic heterocycles. The third kappa shape index (κ3) is 1.77. The Kier molecular flexibility index (Phi) is 3.57. The Labute approximate surface area is 61.5 Å². The maximum atomic E-state index is 3.66. The first-order valence-corrected chi connectivity index (χ1v) is 3.17. The molecule has 0 aromatic rings. The largest absolute Gasteiger partial charge is 0.412 e. The van der Waals surface area contributed by atoms with Crippen LogP contribution in [0.5, 0.6) is 0 Å². The third-order valence-electron chi connectivity index (χ3n) is 1.45. The summed E-state index contributed by atoms with van der Waals surface area (Å²) in [6, 6.07) is 0. The predicted octanol–water partition coefficient (Wildman–Crippen LogP) is 0.371. The van der Waals surface area contributed by atoms with Crippen molar-refractivity contribution in [1.82, 2.24) is 9.80 Å². The van der Waals surface area contributed by atoms with Crippen LogP contribution in [-0.2, 0) is 0 Å². The Hall–Kier alpha value is -0.960. The lowest BCUT2D eigenvalue weighted by Crippen LogP contribution is -2.20. The molecule has 0 amide bonds. The average Bonchev–Trinajstić information content (AvgIpc) is 2.34. The highest BCUT2D eigenvalue weighted by Gasteiger charge is 2.05. The average molecular weight is 142 g/mol. The van der Waals surface area contributed by atoms with Gasteiger partial charge in [0.05, 0.1) is 6.67 Å². The molecule has 3 nitrogen and oxygen atoms in total. The van der Waals surface area contributed by atoms with Crippen molar-refractivity contribution in [3.63, 3.8) is 0 Å². The van der Waals surface area contributed by atoms with E-state index in [-0.39, 0.29) is 5.48 Å². The zero-order valence-electron chi connectivity index (χ0n) is 6.25. The van der Waals surface area contributed by atoms with E-state index in [0.717, 1.165) is 13.2 Å². The molecule has 0 atom stereocenters. The van der Waals surface area contributed by atoms with Gasteiger partial charge in [-0.05, 0) is 13.1 Å². The molecule has 58 valence electrons. The first-order valence-electron chi connectivity index (χ1n) is 3.17. The van der Waals surface area contributed by atoms with Gasteiger partial charge in [0.2, 0.25) is 0 Å². The van der Waals surface area contributed by atoms with Crippen LogP contribution in [0.15, 0.2) is 25.2 Å². The highest BCUT2D eigenvalue weighted by molar-refractivity contribution is 4.94. The summed E-state index contributed by atoms with van der Waals surface area (Å²) in [6.07, 6.45) is 5.92. The first-order chi connectivity index (χ1) is 4.36. The Bertz CT molecular complexity index is 134. The minimum atomic E-state index is 0. The number of nitrogens with zero attached hydrogens (tertiary/aromatic N) is 2. The lowest BCUT2D eigenvalue weighted by molar-refractivity contribution is 0.328. The summed E-state index contributed by atoms with van der Waals surface area (Å²) in [5, 5.41) is 0. The van der Waals surface area contributed by atoms with E-state index >= 15 is 0 Å². The molecule has 0 saturated carbocycles. The highest BCUT2D eigenvalue weighted by atomic mass is 16.0. The lowest BCUT2D eigenvalue weighted by atomic mass is 10.6. The summed E-state index contributed by atoms with van der Waals surface area (Å²) in [5.41, 5.74) is 0. The number of rotatable bonds is 2. The SMILES string of the molecule is C=CN1C=CN(CC)C1.O. The second kappa shape index (κ2) is 3.95. The zero-order valence-corrected chi connectivity index (χ0v) is 6.25. The fourth-order valence-corrected chi connectivity index (χ4v) is 0.808. The van der Waals surface area contributed by atoms with Crippen LogP contribution in [0.4, 0.5) is 0 Å². The molecule has 0 unspecified atom stereocenters. The molecule has 3 heteroatoms. The van der Waals surface area contributed by atoms with Crippen LogP contribution in [0.3, 0.4) is 0 Å². The normalized spacial score (nSPS) is 15.3. The van der Waals surface area contributed by atoms with Crippen molar-refractivity contribution >= 4 is 0 Å². The summed E-state index contributed by atoms with van der Waals surface area (Å²) >= 11 is 0. The number of hydrogen-bond acceptors (Lipinski definition) is 2. The van der Waals surface area contributed by atoms with Gasteiger partial charge >= 0.3 is 0 Å². The molecule has 0 radical (unpaired) electrons. The molecule has 0 aromatic carbocycles. The summed E-state index contributed by atoms with van der Waals surface area (Å²) in [7, 11) is 0. The fraction of sp³-hybridized carbons (Fsp3) is 0.429. The van der Waals surface area contributed by atoms with Crippen molar-refractivity contribution in [3.8, 4) is 0 Å². The Morgan fingerprint density at radius 1 is 1.60 bits per heavy atom. The Morgan fingerprint density at radius 2 is 2.30 bits per heavy atom. The van der Waals surface area contributed by atoms with Crippen LogP contribution >= 0.6 is 0 Å². The first kappa shape index (κ1) is 9.04. The van der Waals surface area contributed by atoms with Gasteiger partial charge in [-0.1, -0.05) is 6.58 Å². The summed E-state index contributed by atoms with van der Waals surface area (Å²) in [4.78, 5) is 4.26. The molecule has 10 heavy (non-hydrogen) atoms. The molecule has 0 aliphatic carbocycles. The standard InChI is InChI=1S/C7H12N2.H2O/c1-3-8-5-6-9(4-2)7-8;/h3,5-6H,1,4,7H2,2H3;1H2. The topological polar surface area (TPSA) is 38.0 Å². The van der Waals surface area contributed by atoms with Gasteiger partial charge < -0.3 is 15.3 Å². The van der Waals surface area contributed by atoms with E-state index in [4.69, 9.17) is 0 Å². The van der Waals surface area contributed by atoms with Gasteiger partial charge in [0.15, 0.2) is 0 Å². The van der Waals surface area contributed by atoms with Crippen LogP contribution in [0, 0.1) is 0 Å². The van der Waals surface area contributed by atoms with Crippen LogP contribution in [0.2, 0.25) is 0 Å². The molecule has 0 bridgehead atoms. The van der Waals surface area contributed by atoms with Gasteiger partial charge in [-0.15, -0.1) is 0 Å². The molecule has 0 spiro atoms. The molecule has 0 fully saturated rings. The van der Waals surface area contributed by atoms with Gasteiger partial charge in [-0.25, -0.2) is 0 Å². The molecule has 1 aliphatic rings. The van der Waals surface area contributed by atoms with Crippen LogP contribution in [0.1, 0.15) is 6.92 Å². The van der Waals surface area contributed by atoms with Crippen molar-refractivity contribution in [1.29, 1.82) is 0 Å². The smallest absolute Gasteiger partial charge is 0.0935 e. The summed E-state index contributed by atoms with van der Waals surface area (Å²) in [5.74, 6) is 0. The van der Waals surface area contributed by atoms with Gasteiger partial charge in [0.25, 0.3) is 0 Å². The molecule has 2 N–H and O–H groups in total. The van der Waals surface area contributed by atoms with Crippen molar-refractivity contribution in [2.24, 2.45) is 0 Å². The zero-order chi connectivity index (χ0) is 6.69. The van der Waals surface area contributed by atoms with Crippen LogP contribution < -0.4 is 0 Å². The summed E-state index contributed by atoms with van der Waals surface area (Å²) < 4.78 is 0. The third-order valence-corrected chi connectivity index (χ3v) is 1.45. The van der Waals surface area contributed by atoms with Crippen molar-refractivity contribution in [2.45, 2.75) is 6.92 Å². The van der Waals surface area contributed by atoms with E-state index in [0.29, 0.717) is 0 Å². The Morgan fingerprint density at radius 3 is 2.60 bits per heavy atom. The second-order valence-electron chi connectivity index (χ2n) is 2.04. The van der Waals surface area contributed by atoms with Crippen molar-refractivity contribution in [3.05, 3.63) is 25.2 Å². The number of hydrogen-bond donors (Lipinski definition) is 0. The molecule has 0 aromatic heterocycles. The fourth-order valence-electron chi connectivity index (χ4n) is 0.808. The minimum absolute atomic E-state index is 0. The molecule has 1 rings (SSSR count). The minimum Gasteiger partial charge on any atom is -0.412 e. The van der Waals surface area contributed by atoms with E-state index in [1.165, 1.54) is 0 Å². The Balaban J connectivity index is 0.000000810. The quantitative estimate of drug-likeness (QED) is 0.558. The van der Waals surface area contributed by atoms with Gasteiger partial charge in [0.1, 0.15) is 0 Å². The molecular formula is C7H14N2O. The van der Waals surface area contributed by atoms with E-state index < -0.39 is 0 Å². The maximum Gasteiger partial charge on any atom is 0.0935 e. The maximum absolute atomic E-state index is 3.66. The monoisotopic (exact) mass is 142 g/mol. The van der Waals surface area contributed by atoms with E-state index in [1.807, 2.05) is 17.3 Å². The van der Waals surface area contributed by atoms with Crippen LogP contribution in [0.25, 0.3) is 0 Å². The van der Waals surface area contributed by atoms with E-state index in [1.54, 1.807) is 0 Å². The molecule has 1 heterocycles. The van der Waals surface area contributed by atoms with Gasteiger partial charge in [-0.3, -0.25) is 0 Å². The highest BCUT2D eigenvalue weighted by Crippen LogP contribution is 2.04. The predicted molar refractivity (Wildman–Crippen MR) is 42.0 cm³/mol. The van der Waals surface area contributed by atoms with E-state index in [9.17, 15) is 0 Å². The van der Waals surface area contributed by atoms with Crippen molar-refractivity contribution < 1.29 is 5.48 Å². The molecular weight excluding hydrogens is 128 g/mol. The van der Waals surface area contributed by atoms with Gasteiger partial charge in [-0.2, -0.15) is 0 Å².